The molecule has 3 fully saturated rings. The molecule has 1 saturated carbocycles. The number of rotatable bonds is 3. The lowest BCUT2D eigenvalue weighted by Gasteiger charge is -2.29. The summed E-state index contributed by atoms with van der Waals surface area (Å²) in [6.45, 7) is 1.46. The van der Waals surface area contributed by atoms with Gasteiger partial charge in [0.1, 0.15) is 25.3 Å². The third-order valence-corrected chi connectivity index (χ3v) is 7.27. The van der Waals surface area contributed by atoms with Crippen LogP contribution in [0.2, 0.25) is 0 Å². The van der Waals surface area contributed by atoms with Crippen molar-refractivity contribution in [1.29, 1.82) is 0 Å². The van der Waals surface area contributed by atoms with E-state index in [9.17, 15) is 14.4 Å². The van der Waals surface area contributed by atoms with Crippen LogP contribution in [0, 0.1) is 0 Å². The average molecular weight is 442 g/mol. The molecular formula is C24H31N3O5. The lowest BCUT2D eigenvalue weighted by molar-refractivity contribution is -0.139. The Morgan fingerprint density at radius 2 is 1.72 bits per heavy atom. The second-order valence-corrected chi connectivity index (χ2v) is 9.32. The van der Waals surface area contributed by atoms with Crippen molar-refractivity contribution in [2.45, 2.75) is 69.4 Å². The van der Waals surface area contributed by atoms with E-state index in [0.29, 0.717) is 38.3 Å². The molecule has 32 heavy (non-hydrogen) atoms. The number of carbonyl (C=O) groups excluding carboxylic acids is 3. The van der Waals surface area contributed by atoms with Gasteiger partial charge in [0.2, 0.25) is 5.91 Å². The normalized spacial score (nSPS) is 24.9. The number of ether oxygens (including phenoxy) is 2. The smallest absolute Gasteiger partial charge is 0.325 e. The Balaban J connectivity index is 1.30. The Bertz CT molecular complexity index is 909. The van der Waals surface area contributed by atoms with E-state index < -0.39 is 11.6 Å². The number of nitrogens with zero attached hydrogens (tertiary/aromatic N) is 2. The molecule has 0 aromatic heterocycles. The number of fused-ring (bicyclic) bond motifs is 1. The van der Waals surface area contributed by atoms with Gasteiger partial charge in [-0.25, -0.2) is 4.79 Å². The number of nitrogens with one attached hydrogen (secondary N) is 1. The predicted octanol–water partition coefficient (Wildman–Crippen LogP) is 3.16. The van der Waals surface area contributed by atoms with Crippen molar-refractivity contribution in [3.8, 4) is 11.5 Å². The minimum Gasteiger partial charge on any atom is -0.486 e. The lowest BCUT2D eigenvalue weighted by atomic mass is 9.84. The molecule has 8 heteroatoms. The zero-order valence-electron chi connectivity index (χ0n) is 18.4. The molecule has 1 N–H and O–H groups in total. The second-order valence-electron chi connectivity index (χ2n) is 9.32. The Morgan fingerprint density at radius 3 is 2.50 bits per heavy atom. The van der Waals surface area contributed by atoms with Crippen molar-refractivity contribution in [3.05, 3.63) is 23.8 Å². The number of hydrogen-bond acceptors (Lipinski definition) is 5. The molecule has 4 aliphatic rings. The number of hydrogen-bond donors (Lipinski definition) is 1. The molecule has 1 spiro atoms. The van der Waals surface area contributed by atoms with Gasteiger partial charge in [-0.15, -0.1) is 0 Å². The molecule has 172 valence electrons. The zero-order chi connectivity index (χ0) is 22.1. The van der Waals surface area contributed by atoms with Crippen molar-refractivity contribution >= 4 is 17.8 Å². The molecule has 1 aromatic carbocycles. The van der Waals surface area contributed by atoms with Crippen molar-refractivity contribution < 1.29 is 23.9 Å². The minimum atomic E-state index is -0.821. The predicted molar refractivity (Wildman–Crippen MR) is 116 cm³/mol. The number of imide groups is 1. The number of benzene rings is 1. The van der Waals surface area contributed by atoms with Gasteiger partial charge < -0.3 is 19.7 Å². The van der Waals surface area contributed by atoms with Crippen LogP contribution in [0.3, 0.4) is 0 Å². The maximum absolute atomic E-state index is 13.3. The van der Waals surface area contributed by atoms with Gasteiger partial charge in [0.15, 0.2) is 11.5 Å². The van der Waals surface area contributed by atoms with E-state index in [0.717, 1.165) is 54.7 Å². The molecular weight excluding hydrogens is 410 g/mol. The quantitative estimate of drug-likeness (QED) is 0.728. The number of amides is 4. The molecule has 0 radical (unpaired) electrons. The van der Waals surface area contributed by atoms with Crippen LogP contribution in [0.15, 0.2) is 18.2 Å². The van der Waals surface area contributed by atoms with Crippen LogP contribution >= 0.6 is 0 Å². The van der Waals surface area contributed by atoms with E-state index in [2.05, 4.69) is 5.32 Å². The first-order valence-electron chi connectivity index (χ1n) is 11.9. The SMILES string of the molecule is O=C1NC2(CCCCCCC2)C(=O)N1CC(=O)N1CCCC1c1ccc2c(c1)OCCO2. The highest BCUT2D eigenvalue weighted by Crippen LogP contribution is 2.38. The van der Waals surface area contributed by atoms with Gasteiger partial charge in [0, 0.05) is 6.54 Å². The molecule has 5 rings (SSSR count). The third kappa shape index (κ3) is 3.80. The van der Waals surface area contributed by atoms with Crippen LogP contribution in [0.4, 0.5) is 4.79 Å². The summed E-state index contributed by atoms with van der Waals surface area (Å²) in [4.78, 5) is 42.2. The van der Waals surface area contributed by atoms with Gasteiger partial charge in [0.25, 0.3) is 5.91 Å². The maximum Gasteiger partial charge on any atom is 0.325 e. The van der Waals surface area contributed by atoms with Gasteiger partial charge in [-0.3, -0.25) is 14.5 Å². The van der Waals surface area contributed by atoms with Crippen molar-refractivity contribution in [1.82, 2.24) is 15.1 Å². The van der Waals surface area contributed by atoms with Crippen molar-refractivity contribution in [3.63, 3.8) is 0 Å². The standard InChI is InChI=1S/C24H31N3O5/c28-21(16-27-22(29)24(25-23(27)30)10-4-2-1-3-5-11-24)26-12-6-7-18(26)17-8-9-19-20(15-17)32-14-13-31-19/h8-9,15,18H,1-7,10-14,16H2,(H,25,30). The largest absolute Gasteiger partial charge is 0.486 e. The highest BCUT2D eigenvalue weighted by molar-refractivity contribution is 6.09. The average Bonchev–Trinajstić information content (AvgIpc) is 3.36. The number of likely N-dealkylation sites (tertiary alicyclic amines) is 1. The van der Waals surface area contributed by atoms with Crippen molar-refractivity contribution in [2.24, 2.45) is 0 Å². The van der Waals surface area contributed by atoms with Crippen LogP contribution in [0.25, 0.3) is 0 Å². The van der Waals surface area contributed by atoms with E-state index in [1.54, 1.807) is 4.90 Å². The molecule has 0 bridgehead atoms. The summed E-state index contributed by atoms with van der Waals surface area (Å²) in [5, 5.41) is 2.95. The van der Waals surface area contributed by atoms with E-state index in [4.69, 9.17) is 9.47 Å². The molecule has 3 aliphatic heterocycles. The van der Waals surface area contributed by atoms with Gasteiger partial charge in [-0.05, 0) is 43.4 Å². The number of urea groups is 1. The fraction of sp³-hybridized carbons (Fsp3) is 0.625. The highest BCUT2D eigenvalue weighted by atomic mass is 16.6. The summed E-state index contributed by atoms with van der Waals surface area (Å²) >= 11 is 0. The zero-order valence-corrected chi connectivity index (χ0v) is 18.4. The first-order chi connectivity index (χ1) is 15.6. The van der Waals surface area contributed by atoms with Crippen LogP contribution in [-0.2, 0) is 9.59 Å². The molecule has 3 heterocycles. The Labute approximate surface area is 188 Å². The van der Waals surface area contributed by atoms with Crippen molar-refractivity contribution in [2.75, 3.05) is 26.3 Å². The van der Waals surface area contributed by atoms with Gasteiger partial charge >= 0.3 is 6.03 Å². The summed E-state index contributed by atoms with van der Waals surface area (Å²) in [5.41, 5.74) is 0.173. The highest BCUT2D eigenvalue weighted by Gasteiger charge is 2.51. The van der Waals surface area contributed by atoms with Crippen LogP contribution in [0.5, 0.6) is 11.5 Å². The molecule has 1 aliphatic carbocycles. The summed E-state index contributed by atoms with van der Waals surface area (Å²) in [5.74, 6) is 1.01. The summed E-state index contributed by atoms with van der Waals surface area (Å²) in [7, 11) is 0. The minimum absolute atomic E-state index is 0.0885. The summed E-state index contributed by atoms with van der Waals surface area (Å²) in [6, 6.07) is 5.29. The summed E-state index contributed by atoms with van der Waals surface area (Å²) in [6.07, 6.45) is 8.22. The Hall–Kier alpha value is -2.77. The fourth-order valence-electron chi connectivity index (χ4n) is 5.57. The van der Waals surface area contributed by atoms with Crippen LogP contribution in [-0.4, -0.2) is 59.5 Å². The maximum atomic E-state index is 13.3. The fourth-order valence-corrected chi connectivity index (χ4v) is 5.57. The summed E-state index contributed by atoms with van der Waals surface area (Å²) < 4.78 is 11.3. The van der Waals surface area contributed by atoms with Gasteiger partial charge in [-0.1, -0.05) is 38.2 Å². The first-order valence-corrected chi connectivity index (χ1v) is 11.9. The number of carbonyl (C=O) groups is 3. The topological polar surface area (TPSA) is 88.2 Å². The Kier molecular flexibility index (Phi) is 5.69. The van der Waals surface area contributed by atoms with E-state index in [1.807, 2.05) is 18.2 Å². The lowest BCUT2D eigenvalue weighted by Crippen LogP contribution is -2.48. The molecule has 2 saturated heterocycles. The molecule has 4 amide bonds. The van der Waals surface area contributed by atoms with E-state index in [1.165, 1.54) is 6.42 Å². The van der Waals surface area contributed by atoms with Gasteiger partial charge in [-0.2, -0.15) is 0 Å². The molecule has 1 aromatic rings. The molecule has 8 nitrogen and oxygen atoms in total. The third-order valence-electron chi connectivity index (χ3n) is 7.27. The second kappa shape index (κ2) is 8.64. The van der Waals surface area contributed by atoms with Crippen LogP contribution in [0.1, 0.15) is 69.4 Å². The van der Waals surface area contributed by atoms with E-state index >= 15 is 0 Å². The van der Waals surface area contributed by atoms with Gasteiger partial charge in [0.05, 0.1) is 6.04 Å². The first kappa shape index (κ1) is 21.1. The Morgan fingerprint density at radius 1 is 1.00 bits per heavy atom. The van der Waals surface area contributed by atoms with E-state index in [-0.39, 0.29) is 24.4 Å². The molecule has 1 atom stereocenters. The van der Waals surface area contributed by atoms with Crippen LogP contribution < -0.4 is 14.8 Å². The monoisotopic (exact) mass is 441 g/mol. The molecule has 1 unspecified atom stereocenters.